The molecule has 0 spiro atoms. The molecule has 0 radical (unpaired) electrons. The molecule has 3 aliphatic rings. The Hall–Kier alpha value is -1.43. The fourth-order valence-electron chi connectivity index (χ4n) is 3.18. The molecular weight excluding hydrogens is 316 g/mol. The average Bonchev–Trinajstić information content (AvgIpc) is 3.01. The Morgan fingerprint density at radius 2 is 2.14 bits per heavy atom. The second-order valence-electron chi connectivity index (χ2n) is 5.71. The highest BCUT2D eigenvalue weighted by Gasteiger charge is 2.49. The molecule has 11 heteroatoms. The summed E-state index contributed by atoms with van der Waals surface area (Å²) in [4.78, 5) is 25.8. The highest BCUT2D eigenvalue weighted by atomic mass is 32.3. The summed E-state index contributed by atoms with van der Waals surface area (Å²) in [5.41, 5.74) is 0. The third-order valence-corrected chi connectivity index (χ3v) is 4.56. The molecule has 0 aromatic heterocycles. The summed E-state index contributed by atoms with van der Waals surface area (Å²) in [6.45, 7) is 1.75. The van der Waals surface area contributed by atoms with E-state index in [2.05, 4.69) is 14.9 Å². The number of hydrogen-bond donors (Lipinski definition) is 3. The molecule has 3 N–H and O–H groups in total. The van der Waals surface area contributed by atoms with Gasteiger partial charge in [0.1, 0.15) is 6.04 Å². The van der Waals surface area contributed by atoms with Crippen LogP contribution >= 0.6 is 0 Å². The van der Waals surface area contributed by atoms with Gasteiger partial charge in [-0.1, -0.05) is 0 Å². The molecule has 3 fully saturated rings. The lowest BCUT2D eigenvalue weighted by atomic mass is 10.00. The van der Waals surface area contributed by atoms with Crippen LogP contribution in [0.2, 0.25) is 0 Å². The smallest absolute Gasteiger partial charge is 0.350 e. The first-order valence-electron chi connectivity index (χ1n) is 7.13. The van der Waals surface area contributed by atoms with Gasteiger partial charge in [0.25, 0.3) is 0 Å². The third-order valence-electron chi connectivity index (χ3n) is 4.21. The Morgan fingerprint density at radius 1 is 1.36 bits per heavy atom. The minimum Gasteiger partial charge on any atom is -0.350 e. The first-order chi connectivity index (χ1) is 10.3. The zero-order valence-corrected chi connectivity index (χ0v) is 12.6. The number of urea groups is 1. The molecule has 3 amide bonds. The molecule has 0 aromatic carbocycles. The Balaban J connectivity index is 1.67. The van der Waals surface area contributed by atoms with E-state index in [1.54, 1.807) is 0 Å². The van der Waals surface area contributed by atoms with Gasteiger partial charge in [0.15, 0.2) is 0 Å². The Kier molecular flexibility index (Phi) is 3.97. The van der Waals surface area contributed by atoms with Crippen LogP contribution < -0.4 is 10.6 Å². The lowest BCUT2D eigenvalue weighted by molar-refractivity contribution is -0.126. The summed E-state index contributed by atoms with van der Waals surface area (Å²) in [6.07, 6.45) is 1.69. The van der Waals surface area contributed by atoms with Crippen LogP contribution in [0.3, 0.4) is 0 Å². The quantitative estimate of drug-likeness (QED) is 0.532. The zero-order chi connectivity index (χ0) is 15.9. The predicted molar refractivity (Wildman–Crippen MR) is 72.8 cm³/mol. The minimum atomic E-state index is -4.77. The van der Waals surface area contributed by atoms with Gasteiger partial charge in [0.05, 0.1) is 6.04 Å². The van der Waals surface area contributed by atoms with Crippen molar-refractivity contribution in [1.82, 2.24) is 20.6 Å². The van der Waals surface area contributed by atoms with Crippen molar-refractivity contribution in [3.05, 3.63) is 0 Å². The summed E-state index contributed by atoms with van der Waals surface area (Å²) in [7, 11) is -4.77. The minimum absolute atomic E-state index is 0.0492. The zero-order valence-electron chi connectivity index (χ0n) is 11.8. The van der Waals surface area contributed by atoms with E-state index in [9.17, 15) is 18.0 Å². The van der Waals surface area contributed by atoms with E-state index in [1.165, 1.54) is 4.90 Å². The van der Waals surface area contributed by atoms with Crippen LogP contribution in [0.4, 0.5) is 4.79 Å². The molecule has 3 saturated heterocycles. The first kappa shape index (κ1) is 15.5. The van der Waals surface area contributed by atoms with Crippen LogP contribution in [-0.4, -0.2) is 72.6 Å². The van der Waals surface area contributed by atoms with Gasteiger partial charge in [-0.25, -0.2) is 4.79 Å². The van der Waals surface area contributed by atoms with Gasteiger partial charge in [-0.15, -0.1) is 4.28 Å². The summed E-state index contributed by atoms with van der Waals surface area (Å²) in [5.74, 6) is -0.241. The number of nitrogens with zero attached hydrogens (tertiary/aromatic N) is 2. The average molecular weight is 334 g/mol. The van der Waals surface area contributed by atoms with E-state index in [0.29, 0.717) is 24.4 Å². The maximum Gasteiger partial charge on any atom is 0.418 e. The highest BCUT2D eigenvalue weighted by Crippen LogP contribution is 2.30. The fourth-order valence-corrected chi connectivity index (χ4v) is 3.57. The lowest BCUT2D eigenvalue weighted by Gasteiger charge is -2.30. The van der Waals surface area contributed by atoms with Crippen LogP contribution in [0, 0.1) is 0 Å². The van der Waals surface area contributed by atoms with Crippen molar-refractivity contribution >= 4 is 22.3 Å². The van der Waals surface area contributed by atoms with Crippen molar-refractivity contribution in [1.29, 1.82) is 0 Å². The van der Waals surface area contributed by atoms with Crippen molar-refractivity contribution in [2.24, 2.45) is 0 Å². The molecule has 10 nitrogen and oxygen atoms in total. The maximum atomic E-state index is 12.3. The number of carbonyl (C=O) groups excluding carboxylic acids is 2. The van der Waals surface area contributed by atoms with Crippen molar-refractivity contribution in [3.8, 4) is 0 Å². The topological polar surface area (TPSA) is 128 Å². The van der Waals surface area contributed by atoms with Crippen molar-refractivity contribution < 1.29 is 26.8 Å². The van der Waals surface area contributed by atoms with Crippen LogP contribution in [0.1, 0.15) is 19.3 Å². The first-order valence-corrected chi connectivity index (χ1v) is 8.49. The van der Waals surface area contributed by atoms with Crippen LogP contribution in [0.5, 0.6) is 0 Å². The van der Waals surface area contributed by atoms with Crippen molar-refractivity contribution in [3.63, 3.8) is 0 Å². The summed E-state index contributed by atoms with van der Waals surface area (Å²) in [5, 5.41) is 6.67. The molecule has 0 saturated carbocycles. The Morgan fingerprint density at radius 3 is 2.77 bits per heavy atom. The molecule has 0 aliphatic carbocycles. The SMILES string of the molecule is O=C(NC1CCNC1)[C@@H]1CCC2CN1C(=O)N2OS(=O)(=O)O. The summed E-state index contributed by atoms with van der Waals surface area (Å²) in [6, 6.07) is -1.79. The largest absolute Gasteiger partial charge is 0.418 e. The lowest BCUT2D eigenvalue weighted by Crippen LogP contribution is -2.52. The summed E-state index contributed by atoms with van der Waals surface area (Å²) < 4.78 is 34.6. The van der Waals surface area contributed by atoms with Gasteiger partial charge in [-0.3, -0.25) is 9.35 Å². The van der Waals surface area contributed by atoms with E-state index in [-0.39, 0.29) is 18.5 Å². The molecule has 3 heterocycles. The monoisotopic (exact) mass is 334 g/mol. The molecule has 2 bridgehead atoms. The van der Waals surface area contributed by atoms with Crippen LogP contribution in [-0.2, 0) is 19.5 Å². The van der Waals surface area contributed by atoms with Crippen LogP contribution in [0.15, 0.2) is 0 Å². The molecule has 3 atom stereocenters. The molecule has 22 heavy (non-hydrogen) atoms. The highest BCUT2D eigenvalue weighted by molar-refractivity contribution is 7.80. The molecule has 2 unspecified atom stereocenters. The number of fused-ring (bicyclic) bond motifs is 2. The molecule has 0 aromatic rings. The molecule has 3 rings (SSSR count). The number of amides is 3. The van der Waals surface area contributed by atoms with Gasteiger partial charge < -0.3 is 15.5 Å². The number of carbonyl (C=O) groups is 2. The van der Waals surface area contributed by atoms with Crippen molar-refractivity contribution in [2.45, 2.75) is 37.4 Å². The van der Waals surface area contributed by atoms with Gasteiger partial charge >= 0.3 is 16.4 Å². The van der Waals surface area contributed by atoms with E-state index in [0.717, 1.165) is 13.0 Å². The normalized spacial score (nSPS) is 31.7. The van der Waals surface area contributed by atoms with E-state index < -0.39 is 28.5 Å². The van der Waals surface area contributed by atoms with Gasteiger partial charge in [-0.05, 0) is 25.8 Å². The third kappa shape index (κ3) is 3.02. The van der Waals surface area contributed by atoms with Gasteiger partial charge in [0, 0.05) is 19.1 Å². The number of hydroxylamine groups is 2. The number of nitrogens with one attached hydrogen (secondary N) is 2. The number of piperidine rings is 1. The van der Waals surface area contributed by atoms with E-state index in [1.807, 2.05) is 0 Å². The summed E-state index contributed by atoms with van der Waals surface area (Å²) >= 11 is 0. The molecule has 3 aliphatic heterocycles. The molecular formula is C11H18N4O6S. The second-order valence-corrected chi connectivity index (χ2v) is 6.71. The van der Waals surface area contributed by atoms with E-state index >= 15 is 0 Å². The standard InChI is InChI=1S/C11H18N4O6S/c16-10(13-7-3-4-12-5-7)9-2-1-8-6-14(9)11(17)15(8)21-22(18,19)20/h7-9,12H,1-6H2,(H,13,16)(H,18,19,20)/t7?,8?,9-/m0/s1. The Labute approximate surface area is 127 Å². The van der Waals surface area contributed by atoms with Gasteiger partial charge in [0.2, 0.25) is 5.91 Å². The van der Waals surface area contributed by atoms with Gasteiger partial charge in [-0.2, -0.15) is 13.5 Å². The predicted octanol–water partition coefficient (Wildman–Crippen LogP) is -1.53. The van der Waals surface area contributed by atoms with Crippen LogP contribution in [0.25, 0.3) is 0 Å². The fraction of sp³-hybridized carbons (Fsp3) is 0.818. The maximum absolute atomic E-state index is 12.3. The molecule has 124 valence electrons. The van der Waals surface area contributed by atoms with E-state index in [4.69, 9.17) is 4.55 Å². The van der Waals surface area contributed by atoms with Crippen molar-refractivity contribution in [2.75, 3.05) is 19.6 Å². The number of hydrogen-bond acceptors (Lipinski definition) is 6. The second kappa shape index (κ2) is 5.65. The number of rotatable bonds is 4. The Bertz CT molecular complexity index is 575.